The number of halogens is 1. The monoisotopic (exact) mass is 647 g/mol. The van der Waals surface area contributed by atoms with Crippen LogP contribution in [0.25, 0.3) is 11.3 Å². The first kappa shape index (κ1) is 32.7. The Labute approximate surface area is 272 Å². The average molecular weight is 648 g/mol. The Hall–Kier alpha value is -3.65. The molecule has 0 aliphatic carbocycles. The molecule has 3 aromatic rings. The van der Waals surface area contributed by atoms with Crippen LogP contribution in [0.5, 0.6) is 5.75 Å². The van der Waals surface area contributed by atoms with E-state index in [0.29, 0.717) is 53.4 Å². The summed E-state index contributed by atoms with van der Waals surface area (Å²) in [7, 11) is -2.13. The topological polar surface area (TPSA) is 110 Å². The highest BCUT2D eigenvalue weighted by molar-refractivity contribution is 6.74. The van der Waals surface area contributed by atoms with E-state index in [1.165, 1.54) is 0 Å². The van der Waals surface area contributed by atoms with Crippen LogP contribution < -0.4 is 15.0 Å². The van der Waals surface area contributed by atoms with E-state index in [1.807, 2.05) is 32.9 Å². The molecular formula is C34H42ClN5O4Si. The number of nitriles is 1. The van der Waals surface area contributed by atoms with Crippen molar-refractivity contribution in [3.8, 4) is 23.1 Å². The highest BCUT2D eigenvalue weighted by atomic mass is 35.5. The molecule has 0 radical (unpaired) electrons. The lowest BCUT2D eigenvalue weighted by Crippen LogP contribution is -2.46. The van der Waals surface area contributed by atoms with Crippen molar-refractivity contribution in [3.63, 3.8) is 0 Å². The summed E-state index contributed by atoms with van der Waals surface area (Å²) in [4.78, 5) is 24.4. The third kappa shape index (κ3) is 6.67. The van der Waals surface area contributed by atoms with E-state index < -0.39 is 25.4 Å². The molecule has 1 N–H and O–H groups in total. The third-order valence-corrected chi connectivity index (χ3v) is 13.5. The quantitative estimate of drug-likeness (QED) is 0.266. The van der Waals surface area contributed by atoms with Gasteiger partial charge in [-0.3, -0.25) is 4.90 Å². The van der Waals surface area contributed by atoms with Gasteiger partial charge < -0.3 is 19.2 Å². The lowest BCUT2D eigenvalue weighted by atomic mass is 9.83. The van der Waals surface area contributed by atoms with E-state index in [4.69, 9.17) is 30.5 Å². The molecule has 1 aromatic heterocycles. The molecule has 0 bridgehead atoms. The van der Waals surface area contributed by atoms with Gasteiger partial charge in [-0.25, -0.2) is 14.8 Å². The van der Waals surface area contributed by atoms with Gasteiger partial charge in [0.2, 0.25) is 5.95 Å². The van der Waals surface area contributed by atoms with Crippen LogP contribution in [0.3, 0.4) is 0 Å². The van der Waals surface area contributed by atoms with Crippen LogP contribution in [-0.2, 0) is 21.0 Å². The normalized spacial score (nSPS) is 17.8. The SMILES string of the molecule is CC(C)(C)OC(=O)N1CC(C)(CO[Si](C)(C)C(C)(C)C)c2cc(-c3ccnc(Nc4cc(Cl)cc5c4OCC5)n3)cc(C#N)c21. The van der Waals surface area contributed by atoms with E-state index in [2.05, 4.69) is 57.2 Å². The minimum atomic E-state index is -2.13. The number of nitrogens with one attached hydrogen (secondary N) is 1. The Kier molecular flexibility index (Phi) is 8.45. The number of benzene rings is 2. The minimum Gasteiger partial charge on any atom is -0.491 e. The van der Waals surface area contributed by atoms with Crippen LogP contribution in [0.1, 0.15) is 65.2 Å². The molecule has 5 rings (SSSR count). The van der Waals surface area contributed by atoms with E-state index >= 15 is 0 Å². The first-order valence-electron chi connectivity index (χ1n) is 15.2. The summed E-state index contributed by atoms with van der Waals surface area (Å²) in [6, 6.07) is 11.6. The number of anilines is 3. The summed E-state index contributed by atoms with van der Waals surface area (Å²) >= 11 is 6.37. The fourth-order valence-electron chi connectivity index (χ4n) is 5.35. The van der Waals surface area contributed by atoms with Crippen LogP contribution in [0.15, 0.2) is 36.5 Å². The standard InChI is InChI=1S/C34H42ClN5O4Si/c1-32(2,3)44-31(41)40-19-34(7,20-43-45(8,9)33(4,5)6)25-16-22(14-23(18-36)28(25)40)26-10-12-37-30(38-26)39-27-17-24(35)15-21-11-13-42-29(21)27/h10,12,14-17H,11,13,19-20H2,1-9H3,(H,37,38,39). The Morgan fingerprint density at radius 2 is 1.93 bits per heavy atom. The molecule has 1 unspecified atom stereocenters. The van der Waals surface area contributed by atoms with Crippen LogP contribution in [-0.4, -0.2) is 49.7 Å². The van der Waals surface area contributed by atoms with Gasteiger partial charge in [0.1, 0.15) is 17.4 Å². The summed E-state index contributed by atoms with van der Waals surface area (Å²) in [5.41, 5.74) is 3.54. The van der Waals surface area contributed by atoms with Crippen molar-refractivity contribution >= 4 is 43.3 Å². The number of nitrogens with zero attached hydrogens (tertiary/aromatic N) is 4. The van der Waals surface area contributed by atoms with Crippen molar-refractivity contribution < 1.29 is 18.7 Å². The lowest BCUT2D eigenvalue weighted by Gasteiger charge is -2.39. The van der Waals surface area contributed by atoms with Gasteiger partial charge in [0.25, 0.3) is 0 Å². The number of rotatable bonds is 6. The molecule has 2 aliphatic heterocycles. The molecule has 0 saturated heterocycles. The van der Waals surface area contributed by atoms with Crippen molar-refractivity contribution in [2.24, 2.45) is 0 Å². The predicted octanol–water partition coefficient (Wildman–Crippen LogP) is 8.38. The Morgan fingerprint density at radius 1 is 1.20 bits per heavy atom. The number of carbonyl (C=O) groups is 1. The number of amides is 1. The molecule has 0 saturated carbocycles. The van der Waals surface area contributed by atoms with E-state index in [-0.39, 0.29) is 5.04 Å². The lowest BCUT2D eigenvalue weighted by molar-refractivity contribution is 0.0575. The Bertz CT molecular complexity index is 1690. The van der Waals surface area contributed by atoms with Gasteiger partial charge in [0.15, 0.2) is 8.32 Å². The predicted molar refractivity (Wildman–Crippen MR) is 180 cm³/mol. The highest BCUT2D eigenvalue weighted by Gasteiger charge is 2.47. The number of fused-ring (bicyclic) bond motifs is 2. The second-order valence-corrected chi connectivity index (χ2v) is 19.9. The van der Waals surface area contributed by atoms with Crippen molar-refractivity contribution in [2.45, 2.75) is 84.0 Å². The van der Waals surface area contributed by atoms with Crippen molar-refractivity contribution in [2.75, 3.05) is 30.0 Å². The van der Waals surface area contributed by atoms with Crippen molar-refractivity contribution in [1.82, 2.24) is 9.97 Å². The zero-order chi connectivity index (χ0) is 32.9. The Balaban J connectivity index is 1.56. The van der Waals surface area contributed by atoms with E-state index in [9.17, 15) is 10.1 Å². The van der Waals surface area contributed by atoms with Crippen LogP contribution >= 0.6 is 11.6 Å². The smallest absolute Gasteiger partial charge is 0.414 e. The maximum Gasteiger partial charge on any atom is 0.414 e. The number of ether oxygens (including phenoxy) is 2. The first-order chi connectivity index (χ1) is 20.9. The average Bonchev–Trinajstić information content (AvgIpc) is 3.53. The molecule has 0 fully saturated rings. The summed E-state index contributed by atoms with van der Waals surface area (Å²) in [5, 5.41) is 14.3. The van der Waals surface area contributed by atoms with Crippen molar-refractivity contribution in [1.29, 1.82) is 5.26 Å². The molecule has 9 nitrogen and oxygen atoms in total. The van der Waals surface area contributed by atoms with Gasteiger partial charge in [0.05, 0.1) is 29.2 Å². The molecular weight excluding hydrogens is 606 g/mol. The maximum atomic E-state index is 13.5. The largest absolute Gasteiger partial charge is 0.491 e. The zero-order valence-electron chi connectivity index (χ0n) is 27.6. The molecule has 2 aliphatic rings. The van der Waals surface area contributed by atoms with Gasteiger partial charge >= 0.3 is 6.09 Å². The fourth-order valence-corrected chi connectivity index (χ4v) is 6.70. The van der Waals surface area contributed by atoms with E-state index in [1.54, 1.807) is 29.3 Å². The molecule has 11 heteroatoms. The number of aromatic nitrogens is 2. The Morgan fingerprint density at radius 3 is 2.60 bits per heavy atom. The molecule has 0 spiro atoms. The summed E-state index contributed by atoms with van der Waals surface area (Å²) < 4.78 is 18.4. The van der Waals surface area contributed by atoms with E-state index in [0.717, 1.165) is 28.9 Å². The summed E-state index contributed by atoms with van der Waals surface area (Å²) in [6.45, 7) is 19.9. The molecule has 1 amide bonds. The van der Waals surface area contributed by atoms with Gasteiger partial charge in [-0.2, -0.15) is 5.26 Å². The van der Waals surface area contributed by atoms with Gasteiger partial charge in [0, 0.05) is 47.3 Å². The second kappa shape index (κ2) is 11.6. The van der Waals surface area contributed by atoms with Gasteiger partial charge in [-0.15, -0.1) is 0 Å². The molecule has 3 heterocycles. The number of hydrogen-bond acceptors (Lipinski definition) is 8. The van der Waals surface area contributed by atoms with Crippen LogP contribution in [0.2, 0.25) is 23.2 Å². The zero-order valence-corrected chi connectivity index (χ0v) is 29.3. The molecule has 1 atom stereocenters. The molecule has 238 valence electrons. The molecule has 45 heavy (non-hydrogen) atoms. The maximum absolute atomic E-state index is 13.5. The molecule has 2 aromatic carbocycles. The van der Waals surface area contributed by atoms with Gasteiger partial charge in [-0.05, 0) is 74.8 Å². The number of hydrogen-bond donors (Lipinski definition) is 1. The van der Waals surface area contributed by atoms with Crippen LogP contribution in [0, 0.1) is 11.3 Å². The summed E-state index contributed by atoms with van der Waals surface area (Å²) in [6.07, 6.45) is 1.96. The number of carbonyl (C=O) groups excluding carboxylic acids is 1. The van der Waals surface area contributed by atoms with Gasteiger partial charge in [-0.1, -0.05) is 39.3 Å². The first-order valence-corrected chi connectivity index (χ1v) is 18.5. The third-order valence-electron chi connectivity index (χ3n) is 8.78. The minimum absolute atomic E-state index is 0.00775. The fraction of sp³-hybridized carbons (Fsp3) is 0.471. The highest BCUT2D eigenvalue weighted by Crippen LogP contribution is 2.47. The van der Waals surface area contributed by atoms with Crippen LogP contribution in [0.4, 0.5) is 22.1 Å². The second-order valence-electron chi connectivity index (χ2n) is 14.6. The summed E-state index contributed by atoms with van der Waals surface area (Å²) in [5.74, 6) is 1.11. The van der Waals surface area contributed by atoms with Crippen molar-refractivity contribution in [3.05, 3.63) is 58.2 Å².